The van der Waals surface area contributed by atoms with Crippen molar-refractivity contribution in [1.82, 2.24) is 9.80 Å². The van der Waals surface area contributed by atoms with Crippen molar-refractivity contribution in [2.75, 3.05) is 59.4 Å². The van der Waals surface area contributed by atoms with Crippen LogP contribution in [0.4, 0.5) is 10.5 Å². The summed E-state index contributed by atoms with van der Waals surface area (Å²) in [5, 5.41) is 2.85. The molecule has 0 saturated carbocycles. The van der Waals surface area contributed by atoms with E-state index in [-0.39, 0.29) is 18.5 Å². The maximum Gasteiger partial charge on any atom is 0.321 e. The molecule has 176 valence electrons. The quantitative estimate of drug-likeness (QED) is 0.735. The van der Waals surface area contributed by atoms with E-state index in [1.54, 1.807) is 34.1 Å². The molecular formula is C23H27N3O7. The molecular weight excluding hydrogens is 430 g/mol. The topological polar surface area (TPSA) is 98.8 Å². The average Bonchev–Trinajstić information content (AvgIpc) is 2.87. The highest BCUT2D eigenvalue weighted by Crippen LogP contribution is 2.40. The van der Waals surface area contributed by atoms with Gasteiger partial charge in [-0.3, -0.25) is 4.79 Å². The number of anilines is 1. The lowest BCUT2D eigenvalue weighted by atomic mass is 10.2. The van der Waals surface area contributed by atoms with Crippen LogP contribution in [0.5, 0.6) is 28.7 Å². The third-order valence-electron chi connectivity index (χ3n) is 5.58. The van der Waals surface area contributed by atoms with Gasteiger partial charge in [0, 0.05) is 38.3 Å². The van der Waals surface area contributed by atoms with Crippen LogP contribution >= 0.6 is 0 Å². The Labute approximate surface area is 191 Å². The predicted octanol–water partition coefficient (Wildman–Crippen LogP) is 2.23. The number of para-hydroxylation sites is 2. The van der Waals surface area contributed by atoms with Crippen molar-refractivity contribution >= 4 is 17.6 Å². The van der Waals surface area contributed by atoms with Gasteiger partial charge in [-0.15, -0.1) is 0 Å². The number of fused-ring (bicyclic) bond motifs is 1. The second-order valence-electron chi connectivity index (χ2n) is 7.52. The van der Waals surface area contributed by atoms with E-state index in [9.17, 15) is 9.59 Å². The number of amides is 3. The minimum atomic E-state index is -0.695. The van der Waals surface area contributed by atoms with Crippen LogP contribution in [-0.4, -0.2) is 82.0 Å². The Morgan fingerprint density at radius 1 is 0.909 bits per heavy atom. The molecule has 33 heavy (non-hydrogen) atoms. The van der Waals surface area contributed by atoms with Gasteiger partial charge in [0.1, 0.15) is 6.61 Å². The number of nitrogens with zero attached hydrogens (tertiary/aromatic N) is 2. The molecule has 0 aliphatic carbocycles. The summed E-state index contributed by atoms with van der Waals surface area (Å²) in [6.07, 6.45) is -0.695. The highest BCUT2D eigenvalue weighted by Gasteiger charge is 2.33. The van der Waals surface area contributed by atoms with Crippen molar-refractivity contribution in [1.29, 1.82) is 0 Å². The summed E-state index contributed by atoms with van der Waals surface area (Å²) in [5.74, 6) is 2.38. The number of ether oxygens (including phenoxy) is 5. The second-order valence-corrected chi connectivity index (χ2v) is 7.52. The minimum absolute atomic E-state index is 0.144. The summed E-state index contributed by atoms with van der Waals surface area (Å²) in [6.45, 7) is 1.77. The van der Waals surface area contributed by atoms with Crippen LogP contribution in [0, 0.1) is 0 Å². The monoisotopic (exact) mass is 457 g/mol. The van der Waals surface area contributed by atoms with Gasteiger partial charge in [-0.25, -0.2) is 4.79 Å². The molecule has 3 amide bonds. The lowest BCUT2D eigenvalue weighted by Gasteiger charge is -2.37. The van der Waals surface area contributed by atoms with E-state index in [4.69, 9.17) is 23.7 Å². The Kier molecular flexibility index (Phi) is 6.62. The summed E-state index contributed by atoms with van der Waals surface area (Å²) in [4.78, 5) is 29.0. The van der Waals surface area contributed by atoms with Gasteiger partial charge >= 0.3 is 6.03 Å². The van der Waals surface area contributed by atoms with Gasteiger partial charge in [0.2, 0.25) is 11.9 Å². The normalized spacial score (nSPS) is 17.2. The number of hydrogen-bond acceptors (Lipinski definition) is 7. The van der Waals surface area contributed by atoms with E-state index in [0.717, 1.165) is 0 Å². The first-order valence-electron chi connectivity index (χ1n) is 10.6. The maximum absolute atomic E-state index is 12.9. The summed E-state index contributed by atoms with van der Waals surface area (Å²) >= 11 is 0. The number of carbonyl (C=O) groups is 2. The van der Waals surface area contributed by atoms with Crippen molar-refractivity contribution in [3.63, 3.8) is 0 Å². The van der Waals surface area contributed by atoms with Crippen LogP contribution in [0.3, 0.4) is 0 Å². The molecule has 2 heterocycles. The number of hydrogen-bond donors (Lipinski definition) is 1. The number of piperazine rings is 1. The molecule has 1 unspecified atom stereocenters. The number of urea groups is 1. The van der Waals surface area contributed by atoms with Gasteiger partial charge in [-0.2, -0.15) is 0 Å². The molecule has 2 aliphatic rings. The molecule has 0 radical (unpaired) electrons. The lowest BCUT2D eigenvalue weighted by Crippen LogP contribution is -2.55. The van der Waals surface area contributed by atoms with E-state index in [1.807, 2.05) is 12.1 Å². The van der Waals surface area contributed by atoms with Crippen molar-refractivity contribution in [3.05, 3.63) is 36.4 Å². The molecule has 2 aromatic rings. The molecule has 0 spiro atoms. The Hall–Kier alpha value is -3.82. The number of rotatable bonds is 5. The van der Waals surface area contributed by atoms with Crippen LogP contribution in [0.2, 0.25) is 0 Å². The van der Waals surface area contributed by atoms with E-state index in [2.05, 4.69) is 5.32 Å². The summed E-state index contributed by atoms with van der Waals surface area (Å²) in [5.41, 5.74) is 0.513. The van der Waals surface area contributed by atoms with E-state index >= 15 is 0 Å². The van der Waals surface area contributed by atoms with Crippen molar-refractivity contribution < 1.29 is 33.3 Å². The number of methoxy groups -OCH3 is 3. The van der Waals surface area contributed by atoms with Crippen LogP contribution in [0.25, 0.3) is 0 Å². The standard InChI is InChI=1S/C23H27N3O7/c1-29-18-12-15(13-19(30-2)21(18)31-3)24-23(28)26-10-8-25(9-11-26)22(27)20-14-32-16-6-4-5-7-17(16)33-20/h4-7,12-13,20H,8-11,14H2,1-3H3,(H,24,28). The first kappa shape index (κ1) is 22.4. The molecule has 1 atom stereocenters. The summed E-state index contributed by atoms with van der Waals surface area (Å²) in [6, 6.07) is 10.3. The smallest absolute Gasteiger partial charge is 0.321 e. The summed E-state index contributed by atoms with van der Waals surface area (Å²) < 4.78 is 27.4. The number of benzene rings is 2. The van der Waals surface area contributed by atoms with Crippen LogP contribution < -0.4 is 29.0 Å². The van der Waals surface area contributed by atoms with Crippen LogP contribution in [0.1, 0.15) is 0 Å². The Bertz CT molecular complexity index is 996. The van der Waals surface area contributed by atoms with Gasteiger partial charge in [0.25, 0.3) is 5.91 Å². The number of carbonyl (C=O) groups excluding carboxylic acids is 2. The molecule has 2 aliphatic heterocycles. The SMILES string of the molecule is COc1cc(NC(=O)N2CCN(C(=O)C3COc4ccccc4O3)CC2)cc(OC)c1OC. The Balaban J connectivity index is 1.33. The molecule has 1 N–H and O–H groups in total. The van der Waals surface area contributed by atoms with Gasteiger partial charge in [-0.1, -0.05) is 12.1 Å². The Morgan fingerprint density at radius 2 is 1.52 bits per heavy atom. The Morgan fingerprint density at radius 3 is 2.12 bits per heavy atom. The van der Waals surface area contributed by atoms with Crippen LogP contribution in [-0.2, 0) is 4.79 Å². The van der Waals surface area contributed by atoms with Crippen molar-refractivity contribution in [2.24, 2.45) is 0 Å². The molecule has 2 aromatic carbocycles. The van der Waals surface area contributed by atoms with Crippen molar-refractivity contribution in [3.8, 4) is 28.7 Å². The van der Waals surface area contributed by atoms with E-state index in [1.165, 1.54) is 21.3 Å². The first-order valence-corrected chi connectivity index (χ1v) is 10.6. The van der Waals surface area contributed by atoms with Gasteiger partial charge in [0.05, 0.1) is 27.0 Å². The molecule has 1 fully saturated rings. The third kappa shape index (κ3) is 4.69. The zero-order valence-electron chi connectivity index (χ0n) is 18.8. The largest absolute Gasteiger partial charge is 0.493 e. The van der Waals surface area contributed by atoms with E-state index < -0.39 is 6.10 Å². The first-order chi connectivity index (χ1) is 16.0. The zero-order chi connectivity index (χ0) is 23.4. The zero-order valence-corrected chi connectivity index (χ0v) is 18.8. The lowest BCUT2D eigenvalue weighted by molar-refractivity contribution is -0.142. The highest BCUT2D eigenvalue weighted by molar-refractivity contribution is 5.90. The van der Waals surface area contributed by atoms with Gasteiger partial charge in [0.15, 0.2) is 23.0 Å². The fraction of sp³-hybridized carbons (Fsp3) is 0.391. The summed E-state index contributed by atoms with van der Waals surface area (Å²) in [7, 11) is 4.54. The molecule has 0 bridgehead atoms. The predicted molar refractivity (Wildman–Crippen MR) is 120 cm³/mol. The van der Waals surface area contributed by atoms with Crippen molar-refractivity contribution in [2.45, 2.75) is 6.10 Å². The van der Waals surface area contributed by atoms with Gasteiger partial charge in [-0.05, 0) is 12.1 Å². The fourth-order valence-corrected chi connectivity index (χ4v) is 3.83. The highest BCUT2D eigenvalue weighted by atomic mass is 16.6. The minimum Gasteiger partial charge on any atom is -0.493 e. The third-order valence-corrected chi connectivity index (χ3v) is 5.58. The number of nitrogens with one attached hydrogen (secondary N) is 1. The van der Waals surface area contributed by atoms with Crippen LogP contribution in [0.15, 0.2) is 36.4 Å². The molecule has 10 heteroatoms. The molecule has 4 rings (SSSR count). The second kappa shape index (κ2) is 9.76. The molecule has 1 saturated heterocycles. The fourth-order valence-electron chi connectivity index (χ4n) is 3.83. The van der Waals surface area contributed by atoms with E-state index in [0.29, 0.717) is 60.6 Å². The average molecular weight is 457 g/mol. The molecule has 10 nitrogen and oxygen atoms in total. The van der Waals surface area contributed by atoms with Gasteiger partial charge < -0.3 is 38.8 Å². The molecule has 0 aromatic heterocycles. The maximum atomic E-state index is 12.9.